The molecule has 1 fully saturated rings. The maximum Gasteiger partial charge on any atom is 0.194 e. The Morgan fingerprint density at radius 1 is 1.10 bits per heavy atom. The quantitative estimate of drug-likeness (QED) is 0.620. The predicted octanol–water partition coefficient (Wildman–Crippen LogP) is 3.31. The molecule has 2 heterocycles. The molecule has 2 nitrogen and oxygen atoms in total. The minimum atomic E-state index is -3.12. The number of rotatable bonds is 2. The third kappa shape index (κ3) is 2.50. The van der Waals surface area contributed by atoms with Crippen LogP contribution in [0.3, 0.4) is 0 Å². The van der Waals surface area contributed by atoms with Crippen molar-refractivity contribution in [1.29, 1.82) is 0 Å². The molecule has 21 heavy (non-hydrogen) atoms. The highest BCUT2D eigenvalue weighted by molar-refractivity contribution is 7.92. The predicted molar refractivity (Wildman–Crippen MR) is 73.1 cm³/mol. The monoisotopic (exact) mass is 316 g/mol. The van der Waals surface area contributed by atoms with Crippen LogP contribution in [0.15, 0.2) is 23.8 Å². The topological polar surface area (TPSA) is 34.1 Å². The van der Waals surface area contributed by atoms with Crippen molar-refractivity contribution in [2.75, 3.05) is 0 Å². The fraction of sp³-hybridized carbons (Fsp3) is 0.467. The molecule has 114 valence electrons. The molecular weight excluding hydrogens is 301 g/mol. The van der Waals surface area contributed by atoms with E-state index in [1.807, 2.05) is 0 Å². The lowest BCUT2D eigenvalue weighted by atomic mass is 9.93. The minimum absolute atomic E-state index is 0.0671. The van der Waals surface area contributed by atoms with Crippen molar-refractivity contribution in [3.63, 3.8) is 0 Å². The summed E-state index contributed by atoms with van der Waals surface area (Å²) in [6, 6.07) is 2.11. The fourth-order valence-corrected chi connectivity index (χ4v) is 5.53. The normalized spacial score (nSPS) is 27.3. The number of benzene rings is 1. The molecule has 3 rings (SSSR count). The molecule has 1 aromatic rings. The van der Waals surface area contributed by atoms with Gasteiger partial charge in [-0.2, -0.15) is 0 Å². The van der Waals surface area contributed by atoms with Crippen LogP contribution in [-0.2, 0) is 16.3 Å². The number of hydrogen-bond acceptors (Lipinski definition) is 2. The molecular formula is C15H15F3O2S. The second-order valence-corrected chi connectivity index (χ2v) is 8.17. The number of allylic oxidation sites excluding steroid dienone is 1. The van der Waals surface area contributed by atoms with Crippen molar-refractivity contribution in [2.45, 2.75) is 42.6 Å². The fourth-order valence-electron chi connectivity index (χ4n) is 3.22. The molecule has 1 aromatic carbocycles. The van der Waals surface area contributed by atoms with E-state index in [9.17, 15) is 21.6 Å². The van der Waals surface area contributed by atoms with Gasteiger partial charge in [0.05, 0.1) is 10.5 Å². The summed E-state index contributed by atoms with van der Waals surface area (Å²) in [5, 5.41) is -0.919. The van der Waals surface area contributed by atoms with Gasteiger partial charge in [0.25, 0.3) is 0 Å². The summed E-state index contributed by atoms with van der Waals surface area (Å²) in [5.74, 6) is -3.88. The van der Waals surface area contributed by atoms with Crippen LogP contribution in [0.5, 0.6) is 0 Å². The summed E-state index contributed by atoms with van der Waals surface area (Å²) in [7, 11) is -3.12. The molecule has 1 saturated heterocycles. The molecule has 0 radical (unpaired) electrons. The van der Waals surface area contributed by atoms with Gasteiger partial charge in [-0.1, -0.05) is 24.1 Å². The summed E-state index contributed by atoms with van der Waals surface area (Å²) in [6.45, 7) is 0. The summed E-state index contributed by atoms with van der Waals surface area (Å²) in [4.78, 5) is 0. The van der Waals surface area contributed by atoms with E-state index in [0.717, 1.165) is 18.1 Å². The third-order valence-corrected chi connectivity index (χ3v) is 6.89. The zero-order valence-electron chi connectivity index (χ0n) is 11.3. The Balaban J connectivity index is 1.90. The van der Waals surface area contributed by atoms with Gasteiger partial charge in [0.1, 0.15) is 0 Å². The first kappa shape index (κ1) is 14.6. The second kappa shape index (κ2) is 5.16. The number of fused-ring (bicyclic) bond motifs is 2. The highest BCUT2D eigenvalue weighted by atomic mass is 32.2. The average Bonchev–Trinajstić information content (AvgIpc) is 2.40. The van der Waals surface area contributed by atoms with Gasteiger partial charge in [-0.25, -0.2) is 21.6 Å². The summed E-state index contributed by atoms with van der Waals surface area (Å²) < 4.78 is 64.1. The van der Waals surface area contributed by atoms with Crippen molar-refractivity contribution in [1.82, 2.24) is 0 Å². The Hall–Kier alpha value is -1.30. The van der Waals surface area contributed by atoms with Crippen LogP contribution in [0.1, 0.15) is 31.2 Å². The lowest BCUT2D eigenvalue weighted by Gasteiger charge is -2.33. The first-order valence-corrected chi connectivity index (χ1v) is 8.55. The molecule has 2 aliphatic rings. The van der Waals surface area contributed by atoms with E-state index in [-0.39, 0.29) is 12.0 Å². The molecule has 2 aliphatic heterocycles. The van der Waals surface area contributed by atoms with Crippen molar-refractivity contribution in [2.24, 2.45) is 0 Å². The average molecular weight is 316 g/mol. The lowest BCUT2D eigenvalue weighted by molar-refractivity contribution is 0.441. The third-order valence-electron chi connectivity index (χ3n) is 4.35. The van der Waals surface area contributed by atoms with Gasteiger partial charge in [-0.05, 0) is 37.3 Å². The lowest BCUT2D eigenvalue weighted by Crippen LogP contribution is -2.39. The van der Waals surface area contributed by atoms with Gasteiger partial charge >= 0.3 is 0 Å². The summed E-state index contributed by atoms with van der Waals surface area (Å²) >= 11 is 0. The van der Waals surface area contributed by atoms with Crippen LogP contribution >= 0.6 is 0 Å². The van der Waals surface area contributed by atoms with Gasteiger partial charge < -0.3 is 0 Å². The number of sulfone groups is 1. The highest BCUT2D eigenvalue weighted by Crippen LogP contribution is 2.37. The molecule has 2 unspecified atom stereocenters. The zero-order chi connectivity index (χ0) is 15.2. The highest BCUT2D eigenvalue weighted by Gasteiger charge is 2.40. The van der Waals surface area contributed by atoms with Crippen molar-refractivity contribution in [3.8, 4) is 0 Å². The van der Waals surface area contributed by atoms with E-state index >= 15 is 0 Å². The Bertz CT molecular complexity index is 710. The molecule has 0 amide bonds. The summed E-state index contributed by atoms with van der Waals surface area (Å²) in [6.07, 6.45) is 4.24. The van der Waals surface area contributed by atoms with Crippen LogP contribution in [0, 0.1) is 17.5 Å². The van der Waals surface area contributed by atoms with Gasteiger partial charge in [-0.3, -0.25) is 0 Å². The molecule has 0 N–H and O–H groups in total. The molecule has 0 spiro atoms. The number of hydrogen-bond donors (Lipinski definition) is 0. The maximum atomic E-state index is 13.7. The van der Waals surface area contributed by atoms with Gasteiger partial charge in [-0.15, -0.1) is 0 Å². The number of halogens is 3. The van der Waals surface area contributed by atoms with Crippen LogP contribution in [0.2, 0.25) is 0 Å². The SMILES string of the molecule is O=S1(=O)C2C=C(Cc3ccc(F)c(F)c3F)CC1CCC2. The van der Waals surface area contributed by atoms with Crippen LogP contribution in [0.25, 0.3) is 0 Å². The Morgan fingerprint density at radius 2 is 1.86 bits per heavy atom. The van der Waals surface area contributed by atoms with Gasteiger partial charge in [0.2, 0.25) is 0 Å². The molecule has 2 bridgehead atoms. The van der Waals surface area contributed by atoms with Crippen molar-refractivity contribution >= 4 is 9.84 Å². The standard InChI is InChI=1S/C15H15F3O2S/c16-13-5-4-10(14(17)15(13)18)6-9-7-11-2-1-3-12(8-9)21(11,19)20/h4-5,7,11-12H,1-3,6,8H2. The van der Waals surface area contributed by atoms with E-state index in [0.29, 0.717) is 19.3 Å². The van der Waals surface area contributed by atoms with Crippen LogP contribution < -0.4 is 0 Å². The minimum Gasteiger partial charge on any atom is -0.228 e. The molecule has 0 saturated carbocycles. The van der Waals surface area contributed by atoms with Gasteiger partial charge in [0.15, 0.2) is 27.3 Å². The van der Waals surface area contributed by atoms with E-state index in [4.69, 9.17) is 0 Å². The van der Waals surface area contributed by atoms with Crippen molar-refractivity contribution < 1.29 is 21.6 Å². The summed E-state index contributed by atoms with van der Waals surface area (Å²) in [5.41, 5.74) is 0.863. The Kier molecular flexibility index (Phi) is 3.59. The zero-order valence-corrected chi connectivity index (χ0v) is 12.1. The van der Waals surface area contributed by atoms with Crippen LogP contribution in [-0.4, -0.2) is 18.9 Å². The van der Waals surface area contributed by atoms with E-state index < -0.39 is 37.8 Å². The molecule has 0 aliphatic carbocycles. The largest absolute Gasteiger partial charge is 0.228 e. The Labute approximate surface area is 121 Å². The van der Waals surface area contributed by atoms with E-state index in [1.165, 1.54) is 6.07 Å². The Morgan fingerprint density at radius 3 is 2.57 bits per heavy atom. The van der Waals surface area contributed by atoms with E-state index in [2.05, 4.69) is 0 Å². The van der Waals surface area contributed by atoms with E-state index in [1.54, 1.807) is 6.08 Å². The first-order chi connectivity index (χ1) is 9.89. The molecule has 6 heteroatoms. The van der Waals surface area contributed by atoms with Crippen molar-refractivity contribution in [3.05, 3.63) is 46.8 Å². The smallest absolute Gasteiger partial charge is 0.194 e. The molecule has 0 aromatic heterocycles. The van der Waals surface area contributed by atoms with Crippen LogP contribution in [0.4, 0.5) is 13.2 Å². The second-order valence-electron chi connectivity index (χ2n) is 5.72. The first-order valence-electron chi connectivity index (χ1n) is 6.94. The maximum absolute atomic E-state index is 13.7. The molecule has 2 atom stereocenters. The van der Waals surface area contributed by atoms with Gasteiger partial charge in [0, 0.05) is 0 Å².